The number of carbonyl (C=O) groups is 2. The molecular weight excluding hydrogens is 230 g/mol. The van der Waals surface area contributed by atoms with Crippen molar-refractivity contribution in [2.45, 2.75) is 13.3 Å². The molecular formula is C13H19N3O2. The van der Waals surface area contributed by atoms with E-state index in [1.165, 1.54) is 4.90 Å². The number of hydrogen-bond donors (Lipinski definition) is 2. The van der Waals surface area contributed by atoms with Crippen LogP contribution in [0.2, 0.25) is 0 Å². The number of rotatable bonds is 5. The number of nitrogens with one attached hydrogen (secondary N) is 1. The van der Waals surface area contributed by atoms with Crippen molar-refractivity contribution in [1.82, 2.24) is 10.2 Å². The number of anilines is 1. The normalized spacial score (nSPS) is 9.89. The van der Waals surface area contributed by atoms with Crippen LogP contribution in [0.5, 0.6) is 0 Å². The molecule has 3 N–H and O–H groups in total. The molecule has 5 heteroatoms. The first-order chi connectivity index (χ1) is 8.54. The lowest BCUT2D eigenvalue weighted by Crippen LogP contribution is -2.38. The number of likely N-dealkylation sites (N-methyl/N-ethyl adjacent to an activating group) is 1. The number of nitrogen functional groups attached to an aromatic ring is 1. The zero-order valence-electron chi connectivity index (χ0n) is 10.8. The molecule has 98 valence electrons. The summed E-state index contributed by atoms with van der Waals surface area (Å²) >= 11 is 0. The van der Waals surface area contributed by atoms with Gasteiger partial charge in [-0.15, -0.1) is 0 Å². The maximum atomic E-state index is 12.0. The van der Waals surface area contributed by atoms with Gasteiger partial charge in [0, 0.05) is 24.8 Å². The molecule has 5 nitrogen and oxygen atoms in total. The monoisotopic (exact) mass is 249 g/mol. The fourth-order valence-electron chi connectivity index (χ4n) is 1.50. The maximum Gasteiger partial charge on any atom is 0.254 e. The zero-order chi connectivity index (χ0) is 13.5. The molecule has 18 heavy (non-hydrogen) atoms. The minimum absolute atomic E-state index is 0.0492. The summed E-state index contributed by atoms with van der Waals surface area (Å²) in [7, 11) is 1.59. The molecule has 0 aliphatic carbocycles. The minimum atomic E-state index is -0.214. The van der Waals surface area contributed by atoms with E-state index in [1.54, 1.807) is 31.3 Å². The number of carbonyl (C=O) groups excluding carboxylic acids is 2. The van der Waals surface area contributed by atoms with E-state index in [-0.39, 0.29) is 18.4 Å². The van der Waals surface area contributed by atoms with Gasteiger partial charge in [-0.3, -0.25) is 9.59 Å². The third-order valence-corrected chi connectivity index (χ3v) is 2.43. The van der Waals surface area contributed by atoms with Crippen LogP contribution in [-0.2, 0) is 4.79 Å². The van der Waals surface area contributed by atoms with Gasteiger partial charge in [0.05, 0.1) is 6.54 Å². The molecule has 0 spiro atoms. The van der Waals surface area contributed by atoms with E-state index in [4.69, 9.17) is 5.73 Å². The predicted octanol–water partition coefficient (Wildman–Crippen LogP) is 0.867. The minimum Gasteiger partial charge on any atom is -0.399 e. The van der Waals surface area contributed by atoms with Crippen LogP contribution >= 0.6 is 0 Å². The average molecular weight is 249 g/mol. The van der Waals surface area contributed by atoms with E-state index in [0.717, 1.165) is 6.42 Å². The molecule has 0 bridgehead atoms. The second-order valence-electron chi connectivity index (χ2n) is 4.14. The van der Waals surface area contributed by atoms with E-state index in [1.807, 2.05) is 6.92 Å². The van der Waals surface area contributed by atoms with Crippen LogP contribution in [0.15, 0.2) is 24.3 Å². The van der Waals surface area contributed by atoms with Crippen molar-refractivity contribution in [2.24, 2.45) is 0 Å². The summed E-state index contributed by atoms with van der Waals surface area (Å²) in [6.07, 6.45) is 0.874. The summed E-state index contributed by atoms with van der Waals surface area (Å²) in [5.41, 5.74) is 6.63. The van der Waals surface area contributed by atoms with Gasteiger partial charge in [0.15, 0.2) is 0 Å². The third-order valence-electron chi connectivity index (χ3n) is 2.43. The smallest absolute Gasteiger partial charge is 0.254 e. The quantitative estimate of drug-likeness (QED) is 0.760. The largest absolute Gasteiger partial charge is 0.399 e. The van der Waals surface area contributed by atoms with Crippen LogP contribution in [0.25, 0.3) is 0 Å². The molecule has 0 saturated heterocycles. The van der Waals surface area contributed by atoms with Crippen molar-refractivity contribution in [2.75, 3.05) is 25.9 Å². The fourth-order valence-corrected chi connectivity index (χ4v) is 1.50. The van der Waals surface area contributed by atoms with Crippen molar-refractivity contribution in [3.05, 3.63) is 29.8 Å². The molecule has 0 aliphatic heterocycles. The Morgan fingerprint density at radius 2 is 2.11 bits per heavy atom. The number of benzene rings is 1. The van der Waals surface area contributed by atoms with Gasteiger partial charge in [0.2, 0.25) is 5.91 Å². The lowest BCUT2D eigenvalue weighted by atomic mass is 10.2. The molecule has 2 amide bonds. The standard InChI is InChI=1S/C13H19N3O2/c1-3-7-15-12(17)9-16(2)13(18)10-5-4-6-11(14)8-10/h4-6,8H,3,7,9,14H2,1-2H3,(H,15,17). The van der Waals surface area contributed by atoms with Crippen LogP contribution in [0, 0.1) is 0 Å². The first kappa shape index (κ1) is 14.0. The first-order valence-electron chi connectivity index (χ1n) is 5.92. The lowest BCUT2D eigenvalue weighted by molar-refractivity contribution is -0.121. The van der Waals surface area contributed by atoms with Crippen molar-refractivity contribution >= 4 is 17.5 Å². The Morgan fingerprint density at radius 3 is 2.72 bits per heavy atom. The van der Waals surface area contributed by atoms with Crippen LogP contribution in [0.4, 0.5) is 5.69 Å². The maximum absolute atomic E-state index is 12.0. The van der Waals surface area contributed by atoms with E-state index in [9.17, 15) is 9.59 Å². The van der Waals surface area contributed by atoms with Crippen molar-refractivity contribution in [3.63, 3.8) is 0 Å². The summed E-state index contributed by atoms with van der Waals surface area (Å²) < 4.78 is 0. The summed E-state index contributed by atoms with van der Waals surface area (Å²) in [5, 5.41) is 2.72. The second kappa shape index (κ2) is 6.64. The highest BCUT2D eigenvalue weighted by Gasteiger charge is 2.14. The Bertz CT molecular complexity index is 432. The SMILES string of the molecule is CCCNC(=O)CN(C)C(=O)c1cccc(N)c1. The molecule has 0 atom stereocenters. The third kappa shape index (κ3) is 4.08. The second-order valence-corrected chi connectivity index (χ2v) is 4.14. The van der Waals surface area contributed by atoms with Gasteiger partial charge < -0.3 is 16.0 Å². The number of nitrogens with zero attached hydrogens (tertiary/aromatic N) is 1. The zero-order valence-corrected chi connectivity index (χ0v) is 10.8. The summed E-state index contributed by atoms with van der Waals surface area (Å²) in [5.74, 6) is -0.370. The van der Waals surface area contributed by atoms with Crippen LogP contribution in [0.1, 0.15) is 23.7 Å². The fraction of sp³-hybridized carbons (Fsp3) is 0.385. The molecule has 0 unspecified atom stereocenters. The molecule has 1 aromatic carbocycles. The van der Waals surface area contributed by atoms with Crippen molar-refractivity contribution in [3.8, 4) is 0 Å². The van der Waals surface area contributed by atoms with Gasteiger partial charge in [-0.1, -0.05) is 13.0 Å². The van der Waals surface area contributed by atoms with Crippen molar-refractivity contribution < 1.29 is 9.59 Å². The lowest BCUT2D eigenvalue weighted by Gasteiger charge is -2.16. The Hall–Kier alpha value is -2.04. The Labute approximate surface area is 107 Å². The van der Waals surface area contributed by atoms with Crippen molar-refractivity contribution in [1.29, 1.82) is 0 Å². The molecule has 0 saturated carbocycles. The van der Waals surface area contributed by atoms with Gasteiger partial charge >= 0.3 is 0 Å². The number of amides is 2. The summed E-state index contributed by atoms with van der Waals surface area (Å²) in [6.45, 7) is 2.65. The summed E-state index contributed by atoms with van der Waals surface area (Å²) in [6, 6.07) is 6.71. The van der Waals surface area contributed by atoms with E-state index >= 15 is 0 Å². The molecule has 0 radical (unpaired) electrons. The van der Waals surface area contributed by atoms with Gasteiger partial charge in [0.25, 0.3) is 5.91 Å². The topological polar surface area (TPSA) is 75.4 Å². The Balaban J connectivity index is 2.59. The molecule has 0 heterocycles. The van der Waals surface area contributed by atoms with E-state index in [2.05, 4.69) is 5.32 Å². The van der Waals surface area contributed by atoms with Gasteiger partial charge in [0.1, 0.15) is 0 Å². The van der Waals surface area contributed by atoms with Crippen LogP contribution < -0.4 is 11.1 Å². The molecule has 1 rings (SSSR count). The first-order valence-corrected chi connectivity index (χ1v) is 5.92. The van der Waals surface area contributed by atoms with Gasteiger partial charge in [-0.2, -0.15) is 0 Å². The Kier molecular flexibility index (Phi) is 5.17. The van der Waals surface area contributed by atoms with Crippen LogP contribution in [0.3, 0.4) is 0 Å². The number of hydrogen-bond acceptors (Lipinski definition) is 3. The predicted molar refractivity (Wildman–Crippen MR) is 71.1 cm³/mol. The average Bonchev–Trinajstić information content (AvgIpc) is 2.35. The number of nitrogens with two attached hydrogens (primary N) is 1. The Morgan fingerprint density at radius 1 is 1.39 bits per heavy atom. The highest BCUT2D eigenvalue weighted by molar-refractivity contribution is 5.96. The highest BCUT2D eigenvalue weighted by atomic mass is 16.2. The highest BCUT2D eigenvalue weighted by Crippen LogP contribution is 2.08. The van der Waals surface area contributed by atoms with E-state index < -0.39 is 0 Å². The molecule has 0 aliphatic rings. The summed E-state index contributed by atoms with van der Waals surface area (Å²) in [4.78, 5) is 24.9. The molecule has 1 aromatic rings. The van der Waals surface area contributed by atoms with Gasteiger partial charge in [-0.05, 0) is 24.6 Å². The molecule has 0 fully saturated rings. The van der Waals surface area contributed by atoms with Gasteiger partial charge in [-0.25, -0.2) is 0 Å². The van der Waals surface area contributed by atoms with Crippen LogP contribution in [-0.4, -0.2) is 36.9 Å². The van der Waals surface area contributed by atoms with E-state index in [0.29, 0.717) is 17.8 Å². The molecule has 0 aromatic heterocycles.